The van der Waals surface area contributed by atoms with Gasteiger partial charge < -0.3 is 14.2 Å². The highest BCUT2D eigenvalue weighted by Crippen LogP contribution is 2.32. The number of fused-ring (bicyclic) bond motifs is 1. The first-order valence-electron chi connectivity index (χ1n) is 10.8. The lowest BCUT2D eigenvalue weighted by Crippen LogP contribution is -2.39. The first-order chi connectivity index (χ1) is 15.6. The minimum Gasteiger partial charge on any atom is -0.493 e. The molecule has 0 N–H and O–H groups in total. The standard InChI is InChI=1S/C24H29N3O4S.ClH/c1-17-5-7-19-22(15-17)32-24(25-19)27(10-4-9-26-11-13-31-14-12-26)23(28)18-6-8-20(29-2)21(16-18)30-3;/h5-8,15-16H,4,9-14H2,1-3H3;1H. The van der Waals surface area contributed by atoms with Gasteiger partial charge in [0.15, 0.2) is 16.6 Å². The van der Waals surface area contributed by atoms with E-state index in [2.05, 4.69) is 17.9 Å². The lowest BCUT2D eigenvalue weighted by Gasteiger charge is -2.27. The smallest absolute Gasteiger partial charge is 0.260 e. The minimum absolute atomic E-state index is 0. The van der Waals surface area contributed by atoms with E-state index in [9.17, 15) is 4.79 Å². The van der Waals surface area contributed by atoms with Crippen LogP contribution in [0.15, 0.2) is 36.4 Å². The Hall–Kier alpha value is -2.39. The van der Waals surface area contributed by atoms with E-state index < -0.39 is 0 Å². The average molecular weight is 492 g/mol. The van der Waals surface area contributed by atoms with Crippen LogP contribution in [0.5, 0.6) is 11.5 Å². The van der Waals surface area contributed by atoms with Crippen LogP contribution < -0.4 is 14.4 Å². The molecular formula is C24H30ClN3O4S. The Morgan fingerprint density at radius 2 is 1.88 bits per heavy atom. The van der Waals surface area contributed by atoms with Gasteiger partial charge in [0, 0.05) is 31.7 Å². The number of carbonyl (C=O) groups is 1. The van der Waals surface area contributed by atoms with Crippen molar-refractivity contribution in [1.82, 2.24) is 9.88 Å². The number of aryl methyl sites for hydroxylation is 1. The van der Waals surface area contributed by atoms with E-state index in [0.717, 1.165) is 49.5 Å². The Bertz CT molecular complexity index is 1080. The zero-order valence-corrected chi connectivity index (χ0v) is 20.8. The molecule has 0 aliphatic carbocycles. The fraction of sp³-hybridized carbons (Fsp3) is 0.417. The van der Waals surface area contributed by atoms with Crippen LogP contribution in [0.4, 0.5) is 5.13 Å². The zero-order chi connectivity index (χ0) is 22.5. The number of ether oxygens (including phenoxy) is 3. The summed E-state index contributed by atoms with van der Waals surface area (Å²) in [5.41, 5.74) is 2.64. The van der Waals surface area contributed by atoms with Gasteiger partial charge in [0.2, 0.25) is 0 Å². The summed E-state index contributed by atoms with van der Waals surface area (Å²) >= 11 is 1.55. The molecule has 1 saturated heterocycles. The summed E-state index contributed by atoms with van der Waals surface area (Å²) in [6.45, 7) is 6.98. The van der Waals surface area contributed by atoms with Gasteiger partial charge in [-0.1, -0.05) is 17.4 Å². The average Bonchev–Trinajstić information content (AvgIpc) is 3.24. The molecule has 33 heavy (non-hydrogen) atoms. The van der Waals surface area contributed by atoms with Gasteiger partial charge in [-0.15, -0.1) is 12.4 Å². The van der Waals surface area contributed by atoms with Crippen molar-refractivity contribution in [2.24, 2.45) is 0 Å². The van der Waals surface area contributed by atoms with Crippen LogP contribution in [0.3, 0.4) is 0 Å². The van der Waals surface area contributed by atoms with E-state index >= 15 is 0 Å². The van der Waals surface area contributed by atoms with Gasteiger partial charge in [0.05, 0.1) is 37.6 Å². The molecule has 1 aliphatic heterocycles. The number of benzene rings is 2. The molecule has 0 bridgehead atoms. The third-order valence-electron chi connectivity index (χ3n) is 5.60. The summed E-state index contributed by atoms with van der Waals surface area (Å²) in [7, 11) is 3.16. The van der Waals surface area contributed by atoms with Crippen LogP contribution in [-0.2, 0) is 4.74 Å². The Kier molecular flexibility index (Phi) is 8.91. The van der Waals surface area contributed by atoms with Crippen LogP contribution in [-0.4, -0.2) is 69.4 Å². The van der Waals surface area contributed by atoms with E-state index in [-0.39, 0.29) is 18.3 Å². The second-order valence-corrected chi connectivity index (χ2v) is 8.81. The van der Waals surface area contributed by atoms with Gasteiger partial charge in [-0.2, -0.15) is 0 Å². The summed E-state index contributed by atoms with van der Waals surface area (Å²) < 4.78 is 17.3. The van der Waals surface area contributed by atoms with E-state index in [1.807, 2.05) is 12.1 Å². The maximum Gasteiger partial charge on any atom is 0.260 e. The van der Waals surface area contributed by atoms with Crippen molar-refractivity contribution < 1.29 is 19.0 Å². The van der Waals surface area contributed by atoms with Crippen LogP contribution in [0.1, 0.15) is 22.3 Å². The molecule has 0 spiro atoms. The molecule has 1 amide bonds. The fourth-order valence-electron chi connectivity index (χ4n) is 3.82. The number of hydrogen-bond donors (Lipinski definition) is 0. The molecule has 2 aromatic carbocycles. The number of rotatable bonds is 8. The molecule has 3 aromatic rings. The second-order valence-electron chi connectivity index (χ2n) is 7.80. The SMILES string of the molecule is COc1ccc(C(=O)N(CCCN2CCOCC2)c2nc3ccc(C)cc3s2)cc1OC.Cl. The molecule has 178 valence electrons. The number of methoxy groups -OCH3 is 2. The normalized spacial score (nSPS) is 14.0. The Balaban J connectivity index is 0.00000306. The van der Waals surface area contributed by atoms with Crippen LogP contribution in [0.25, 0.3) is 10.2 Å². The van der Waals surface area contributed by atoms with E-state index in [1.54, 1.807) is 48.7 Å². The monoisotopic (exact) mass is 491 g/mol. The number of nitrogens with zero attached hydrogens (tertiary/aromatic N) is 3. The Morgan fingerprint density at radius 3 is 2.61 bits per heavy atom. The molecular weight excluding hydrogens is 462 g/mol. The van der Waals surface area contributed by atoms with E-state index in [1.165, 1.54) is 5.56 Å². The Labute approximate surface area is 204 Å². The van der Waals surface area contributed by atoms with Crippen LogP contribution >= 0.6 is 23.7 Å². The van der Waals surface area contributed by atoms with Gasteiger partial charge in [-0.05, 0) is 49.2 Å². The number of amides is 1. The maximum absolute atomic E-state index is 13.6. The highest BCUT2D eigenvalue weighted by molar-refractivity contribution is 7.22. The highest BCUT2D eigenvalue weighted by Gasteiger charge is 2.23. The molecule has 0 atom stereocenters. The molecule has 0 saturated carbocycles. The quantitative estimate of drug-likeness (QED) is 0.465. The third-order valence-corrected chi connectivity index (χ3v) is 6.64. The Morgan fingerprint density at radius 1 is 1.12 bits per heavy atom. The van der Waals surface area contributed by atoms with Gasteiger partial charge in [-0.3, -0.25) is 14.6 Å². The topological polar surface area (TPSA) is 64.1 Å². The lowest BCUT2D eigenvalue weighted by molar-refractivity contribution is 0.0376. The van der Waals surface area contributed by atoms with Gasteiger partial charge in [0.1, 0.15) is 0 Å². The molecule has 1 aromatic heterocycles. The summed E-state index contributed by atoms with van der Waals surface area (Å²) in [6.07, 6.45) is 0.855. The van der Waals surface area contributed by atoms with Crippen molar-refractivity contribution in [3.8, 4) is 11.5 Å². The number of hydrogen-bond acceptors (Lipinski definition) is 7. The predicted molar refractivity (Wildman–Crippen MR) is 135 cm³/mol. The number of anilines is 1. The summed E-state index contributed by atoms with van der Waals surface area (Å²) in [6, 6.07) is 11.4. The summed E-state index contributed by atoms with van der Waals surface area (Å²) in [5.74, 6) is 1.04. The second kappa shape index (κ2) is 11.7. The molecule has 2 heterocycles. The minimum atomic E-state index is -0.0938. The van der Waals surface area contributed by atoms with Gasteiger partial charge >= 0.3 is 0 Å². The summed E-state index contributed by atoms with van der Waals surface area (Å²) in [4.78, 5) is 22.6. The molecule has 4 rings (SSSR count). The van der Waals surface area contributed by atoms with Crippen molar-refractivity contribution in [2.45, 2.75) is 13.3 Å². The van der Waals surface area contributed by atoms with Crippen molar-refractivity contribution in [3.63, 3.8) is 0 Å². The van der Waals surface area contributed by atoms with Crippen molar-refractivity contribution in [2.75, 3.05) is 58.5 Å². The molecule has 1 aliphatic rings. The molecule has 9 heteroatoms. The molecule has 7 nitrogen and oxygen atoms in total. The number of thiazole rings is 1. The predicted octanol–water partition coefficient (Wildman–Crippen LogP) is 4.41. The van der Waals surface area contributed by atoms with Gasteiger partial charge in [-0.25, -0.2) is 4.98 Å². The van der Waals surface area contributed by atoms with Gasteiger partial charge in [0.25, 0.3) is 5.91 Å². The van der Waals surface area contributed by atoms with Crippen LogP contribution in [0.2, 0.25) is 0 Å². The third kappa shape index (κ3) is 5.95. The van der Waals surface area contributed by atoms with Crippen LogP contribution in [0, 0.1) is 6.92 Å². The van der Waals surface area contributed by atoms with Crippen molar-refractivity contribution in [1.29, 1.82) is 0 Å². The first kappa shape index (κ1) is 25.2. The number of halogens is 1. The number of aromatic nitrogens is 1. The molecule has 0 radical (unpaired) electrons. The largest absolute Gasteiger partial charge is 0.493 e. The maximum atomic E-state index is 13.6. The number of morpholine rings is 1. The highest BCUT2D eigenvalue weighted by atomic mass is 35.5. The fourth-order valence-corrected chi connectivity index (χ4v) is 4.91. The zero-order valence-electron chi connectivity index (χ0n) is 19.2. The first-order valence-corrected chi connectivity index (χ1v) is 11.6. The number of carbonyl (C=O) groups excluding carboxylic acids is 1. The lowest BCUT2D eigenvalue weighted by atomic mass is 10.1. The molecule has 0 unspecified atom stereocenters. The van der Waals surface area contributed by atoms with Crippen molar-refractivity contribution in [3.05, 3.63) is 47.5 Å². The van der Waals surface area contributed by atoms with Crippen molar-refractivity contribution >= 4 is 45.0 Å². The summed E-state index contributed by atoms with van der Waals surface area (Å²) in [5, 5.41) is 0.715. The van der Waals surface area contributed by atoms with E-state index in [0.29, 0.717) is 28.7 Å². The molecule has 1 fully saturated rings. The van der Waals surface area contributed by atoms with E-state index in [4.69, 9.17) is 19.2 Å².